The van der Waals surface area contributed by atoms with E-state index in [9.17, 15) is 0 Å². The summed E-state index contributed by atoms with van der Waals surface area (Å²) in [6.45, 7) is 2.92. The predicted molar refractivity (Wildman–Crippen MR) is 97.6 cm³/mol. The largest absolute Gasteiger partial charge is 0.361 e. The second-order valence-electron chi connectivity index (χ2n) is 5.79. The van der Waals surface area contributed by atoms with E-state index in [1.165, 1.54) is 27.7 Å². The molecule has 6 heteroatoms. The first-order valence-corrected chi connectivity index (χ1v) is 9.61. The maximum absolute atomic E-state index is 4.64. The minimum absolute atomic E-state index is 0.874. The van der Waals surface area contributed by atoms with Crippen molar-refractivity contribution >= 4 is 38.6 Å². The maximum Gasteiger partial charge on any atom is 0.187 e. The maximum atomic E-state index is 4.64. The van der Waals surface area contributed by atoms with Gasteiger partial charge in [0.15, 0.2) is 5.16 Å². The number of rotatable bonds is 3. The van der Waals surface area contributed by atoms with Gasteiger partial charge >= 0.3 is 0 Å². The van der Waals surface area contributed by atoms with Crippen LogP contribution in [0.5, 0.6) is 0 Å². The zero-order valence-electron chi connectivity index (χ0n) is 12.8. The third-order valence-electron chi connectivity index (χ3n) is 4.30. The first-order chi connectivity index (χ1) is 11.2. The highest BCUT2D eigenvalue weighted by molar-refractivity contribution is 9.10. The fraction of sp³-hybridized carbons (Fsp3) is 0.294. The zero-order chi connectivity index (χ0) is 15.8. The number of halogens is 1. The van der Waals surface area contributed by atoms with E-state index < -0.39 is 0 Å². The average Bonchev–Trinajstić information content (AvgIpc) is 2.96. The molecule has 0 aliphatic carbocycles. The molecule has 0 unspecified atom stereocenters. The SMILES string of the molecule is CSc1ncc2c(n1)CCN(Cc1c[nH]c3cc(Br)ccc13)C2. The molecule has 118 valence electrons. The van der Waals surface area contributed by atoms with Gasteiger partial charge in [-0.15, -0.1) is 0 Å². The number of benzene rings is 1. The Balaban J connectivity index is 1.55. The van der Waals surface area contributed by atoms with Crippen LogP contribution in [0, 0.1) is 0 Å². The molecule has 1 aromatic carbocycles. The first-order valence-electron chi connectivity index (χ1n) is 7.59. The van der Waals surface area contributed by atoms with Crippen LogP contribution in [0.4, 0.5) is 0 Å². The number of hydrogen-bond donors (Lipinski definition) is 1. The summed E-state index contributed by atoms with van der Waals surface area (Å²) in [6.07, 6.45) is 7.14. The summed E-state index contributed by atoms with van der Waals surface area (Å²) in [5.74, 6) is 0. The molecule has 0 amide bonds. The molecule has 1 aliphatic rings. The molecular weight excluding hydrogens is 372 g/mol. The van der Waals surface area contributed by atoms with Crippen molar-refractivity contribution in [3.8, 4) is 0 Å². The number of H-pyrrole nitrogens is 1. The molecule has 0 radical (unpaired) electrons. The molecule has 0 saturated heterocycles. The van der Waals surface area contributed by atoms with Crippen molar-refractivity contribution in [2.45, 2.75) is 24.7 Å². The number of thioether (sulfide) groups is 1. The van der Waals surface area contributed by atoms with Gasteiger partial charge < -0.3 is 4.98 Å². The average molecular weight is 389 g/mol. The van der Waals surface area contributed by atoms with Crippen LogP contribution in [0.25, 0.3) is 10.9 Å². The van der Waals surface area contributed by atoms with Crippen molar-refractivity contribution < 1.29 is 0 Å². The van der Waals surface area contributed by atoms with E-state index in [2.05, 4.69) is 60.2 Å². The standard InChI is InChI=1S/C17H17BrN4S/c1-23-17-20-8-12-10-22(5-4-15(12)21-17)9-11-7-19-16-6-13(18)2-3-14(11)16/h2-3,6-8,19H,4-5,9-10H2,1H3. The number of aromatic nitrogens is 3. The van der Waals surface area contributed by atoms with Crippen molar-refractivity contribution in [2.24, 2.45) is 0 Å². The quantitative estimate of drug-likeness (QED) is 0.543. The molecule has 0 atom stereocenters. The highest BCUT2D eigenvalue weighted by atomic mass is 79.9. The van der Waals surface area contributed by atoms with Crippen molar-refractivity contribution in [1.82, 2.24) is 19.9 Å². The van der Waals surface area contributed by atoms with E-state index in [0.29, 0.717) is 0 Å². The van der Waals surface area contributed by atoms with E-state index >= 15 is 0 Å². The van der Waals surface area contributed by atoms with Crippen molar-refractivity contribution in [2.75, 3.05) is 12.8 Å². The Hall–Kier alpha value is -1.37. The van der Waals surface area contributed by atoms with Gasteiger partial charge in [0.05, 0.1) is 5.69 Å². The smallest absolute Gasteiger partial charge is 0.187 e. The molecule has 4 rings (SSSR count). The fourth-order valence-corrected chi connectivity index (χ4v) is 3.84. The van der Waals surface area contributed by atoms with Gasteiger partial charge in [-0.2, -0.15) is 0 Å². The molecule has 4 nitrogen and oxygen atoms in total. The molecule has 3 aromatic rings. The first kappa shape index (κ1) is 15.2. The van der Waals surface area contributed by atoms with E-state index in [1.807, 2.05) is 12.5 Å². The molecule has 0 saturated carbocycles. The van der Waals surface area contributed by atoms with Crippen molar-refractivity contribution in [3.05, 3.63) is 51.9 Å². The van der Waals surface area contributed by atoms with Crippen LogP contribution in [0.2, 0.25) is 0 Å². The van der Waals surface area contributed by atoms with Gasteiger partial charge in [0.1, 0.15) is 0 Å². The lowest BCUT2D eigenvalue weighted by atomic mass is 10.1. The van der Waals surface area contributed by atoms with Crippen LogP contribution in [0.1, 0.15) is 16.8 Å². The Morgan fingerprint density at radius 2 is 2.30 bits per heavy atom. The second-order valence-corrected chi connectivity index (χ2v) is 7.48. The van der Waals surface area contributed by atoms with E-state index in [-0.39, 0.29) is 0 Å². The van der Waals surface area contributed by atoms with Gasteiger partial charge in [-0.05, 0) is 24.0 Å². The number of nitrogens with one attached hydrogen (secondary N) is 1. The van der Waals surface area contributed by atoms with Gasteiger partial charge in [-0.1, -0.05) is 33.8 Å². The molecule has 1 aliphatic heterocycles. The van der Waals surface area contributed by atoms with Crippen molar-refractivity contribution in [1.29, 1.82) is 0 Å². The predicted octanol–water partition coefficient (Wildman–Crippen LogP) is 4.00. The monoisotopic (exact) mass is 388 g/mol. The van der Waals surface area contributed by atoms with Crippen molar-refractivity contribution in [3.63, 3.8) is 0 Å². The summed E-state index contributed by atoms with van der Waals surface area (Å²) >= 11 is 5.13. The molecule has 0 fully saturated rings. The lowest BCUT2D eigenvalue weighted by Crippen LogP contribution is -2.30. The third kappa shape index (κ3) is 3.03. The summed E-state index contributed by atoms with van der Waals surface area (Å²) in [5, 5.41) is 2.17. The Bertz CT molecular complexity index is 861. The molecule has 23 heavy (non-hydrogen) atoms. The fourth-order valence-electron chi connectivity index (χ4n) is 3.12. The minimum Gasteiger partial charge on any atom is -0.361 e. The molecule has 0 spiro atoms. The summed E-state index contributed by atoms with van der Waals surface area (Å²) < 4.78 is 1.10. The minimum atomic E-state index is 0.874. The summed E-state index contributed by atoms with van der Waals surface area (Å²) in [7, 11) is 0. The van der Waals surface area contributed by atoms with Crippen LogP contribution in [-0.4, -0.2) is 32.7 Å². The zero-order valence-corrected chi connectivity index (χ0v) is 15.2. The van der Waals surface area contributed by atoms with E-state index in [4.69, 9.17) is 0 Å². The lowest BCUT2D eigenvalue weighted by molar-refractivity contribution is 0.243. The Morgan fingerprint density at radius 3 is 3.17 bits per heavy atom. The summed E-state index contributed by atoms with van der Waals surface area (Å²) in [5.41, 5.74) is 5.00. The Labute approximate surface area is 147 Å². The number of hydrogen-bond acceptors (Lipinski definition) is 4. The number of nitrogens with zero attached hydrogens (tertiary/aromatic N) is 3. The number of fused-ring (bicyclic) bond motifs is 2. The highest BCUT2D eigenvalue weighted by Gasteiger charge is 2.19. The van der Waals surface area contributed by atoms with Gasteiger partial charge in [0.2, 0.25) is 0 Å². The lowest BCUT2D eigenvalue weighted by Gasteiger charge is -2.27. The summed E-state index contributed by atoms with van der Waals surface area (Å²) in [4.78, 5) is 14.9. The highest BCUT2D eigenvalue weighted by Crippen LogP contribution is 2.25. The normalized spacial score (nSPS) is 15.0. The van der Waals surface area contributed by atoms with Crippen LogP contribution >= 0.6 is 27.7 Å². The van der Waals surface area contributed by atoms with Gasteiger partial charge in [-0.25, -0.2) is 9.97 Å². The van der Waals surface area contributed by atoms with Crippen LogP contribution in [0.3, 0.4) is 0 Å². The second kappa shape index (κ2) is 6.26. The van der Waals surface area contributed by atoms with Crippen LogP contribution in [0.15, 0.2) is 40.2 Å². The van der Waals surface area contributed by atoms with Gasteiger partial charge in [-0.3, -0.25) is 4.90 Å². The molecule has 1 N–H and O–H groups in total. The van der Waals surface area contributed by atoms with E-state index in [1.54, 1.807) is 11.8 Å². The third-order valence-corrected chi connectivity index (χ3v) is 5.35. The van der Waals surface area contributed by atoms with Crippen LogP contribution < -0.4 is 0 Å². The number of aromatic amines is 1. The molecule has 0 bridgehead atoms. The van der Waals surface area contributed by atoms with E-state index in [0.717, 1.165) is 35.7 Å². The molecular formula is C17H17BrN4S. The Kier molecular flexibility index (Phi) is 4.13. The van der Waals surface area contributed by atoms with Gasteiger partial charge in [0, 0.05) is 59.4 Å². The summed E-state index contributed by atoms with van der Waals surface area (Å²) in [6, 6.07) is 6.40. The molecule has 3 heterocycles. The molecule has 2 aromatic heterocycles. The van der Waals surface area contributed by atoms with Crippen LogP contribution in [-0.2, 0) is 19.5 Å². The Morgan fingerprint density at radius 1 is 1.39 bits per heavy atom. The van der Waals surface area contributed by atoms with Gasteiger partial charge in [0.25, 0.3) is 0 Å². The topological polar surface area (TPSA) is 44.8 Å².